The highest BCUT2D eigenvalue weighted by molar-refractivity contribution is 6.39. The number of anilines is 2. The van der Waals surface area contributed by atoms with Crippen LogP contribution in [0.15, 0.2) is 163 Å². The molecule has 0 amide bonds. The first-order valence-electron chi connectivity index (χ1n) is 22.9. The van der Waals surface area contributed by atoms with Gasteiger partial charge in [0.1, 0.15) is 49.2 Å². The molecule has 0 radical (unpaired) electrons. The van der Waals surface area contributed by atoms with E-state index in [1.165, 1.54) is 39.8 Å². The second-order valence-electron chi connectivity index (χ2n) is 17.3. The Hall–Kier alpha value is -8.70. The summed E-state index contributed by atoms with van der Waals surface area (Å²) in [5.74, 6) is -4.51. The van der Waals surface area contributed by atoms with Crippen molar-refractivity contribution in [2.45, 2.75) is 52.8 Å². The molecular weight excluding hydrogens is 941 g/mol. The lowest BCUT2D eigenvalue weighted by Gasteiger charge is -2.33. The summed E-state index contributed by atoms with van der Waals surface area (Å²) in [6, 6.07) is 18.4. The minimum Gasteiger partial charge on any atom is -0.506 e. The zero-order valence-corrected chi connectivity index (χ0v) is 41.1. The van der Waals surface area contributed by atoms with Gasteiger partial charge in [-0.3, -0.25) is 9.59 Å². The van der Waals surface area contributed by atoms with E-state index in [-0.39, 0.29) is 70.9 Å². The van der Waals surface area contributed by atoms with Crippen LogP contribution in [0.2, 0.25) is 0 Å². The molecule has 6 rings (SSSR count). The number of hydrogen-bond acceptors (Lipinski definition) is 16. The van der Waals surface area contributed by atoms with Gasteiger partial charge in [-0.15, -0.1) is 0 Å². The molecule has 3 aromatic rings. The lowest BCUT2D eigenvalue weighted by Crippen LogP contribution is -2.40. The van der Waals surface area contributed by atoms with Crippen molar-refractivity contribution in [3.63, 3.8) is 0 Å². The first-order chi connectivity index (χ1) is 34.7. The van der Waals surface area contributed by atoms with Crippen LogP contribution in [0.4, 0.5) is 17.1 Å². The maximum Gasteiger partial charge on any atom is 0.374 e. The molecule has 1 fully saturated rings. The number of carbonyl (C=O) groups is 7. The number of ketones is 2. The fourth-order valence-corrected chi connectivity index (χ4v) is 7.14. The van der Waals surface area contributed by atoms with Crippen LogP contribution in [0.25, 0.3) is 5.57 Å². The fourth-order valence-electron chi connectivity index (χ4n) is 7.14. The molecule has 1 saturated heterocycles. The Balaban J connectivity index is 1.34. The molecule has 1 aliphatic heterocycles. The van der Waals surface area contributed by atoms with Gasteiger partial charge < -0.3 is 43.2 Å². The second-order valence-corrected chi connectivity index (χ2v) is 17.3. The molecule has 0 aromatic heterocycles. The summed E-state index contributed by atoms with van der Waals surface area (Å²) in [5, 5.41) is 11.5. The van der Waals surface area contributed by atoms with Gasteiger partial charge in [0.2, 0.25) is 29.0 Å². The van der Waals surface area contributed by atoms with Crippen molar-refractivity contribution in [3.05, 3.63) is 168 Å². The van der Waals surface area contributed by atoms with Gasteiger partial charge in [0.25, 0.3) is 0 Å². The van der Waals surface area contributed by atoms with Gasteiger partial charge in [-0.25, -0.2) is 24.0 Å². The number of aliphatic hydroxyl groups excluding tert-OH is 1. The largest absolute Gasteiger partial charge is 0.506 e. The first kappa shape index (κ1) is 53.6. The molecule has 2 unspecified atom stereocenters. The van der Waals surface area contributed by atoms with E-state index in [1.807, 2.05) is 4.90 Å². The predicted molar refractivity (Wildman–Crippen MR) is 268 cm³/mol. The van der Waals surface area contributed by atoms with E-state index in [0.29, 0.717) is 52.9 Å². The van der Waals surface area contributed by atoms with Gasteiger partial charge >= 0.3 is 29.8 Å². The molecule has 1 heterocycles. The summed E-state index contributed by atoms with van der Waals surface area (Å²) >= 11 is 0. The topological polar surface area (TPSA) is 214 Å². The number of nitrogens with zero attached hydrogens (tertiary/aromatic N) is 2. The van der Waals surface area contributed by atoms with Crippen molar-refractivity contribution in [2.24, 2.45) is 0 Å². The van der Waals surface area contributed by atoms with Crippen LogP contribution in [0, 0.1) is 0 Å². The summed E-state index contributed by atoms with van der Waals surface area (Å²) in [5.41, 5.74) is 3.57. The number of Topliss-reactive ketones (excluding diaryl/α,β-unsaturated/α-hetero) is 2. The standard InChI is InChI=1S/C56H54N2O15/c1-32(2)52(62)69-26-43(27-70-53(63)33(3)4)57(41-18-22-45(23-19-41)67-30-47-31-68-47)39-14-10-37(11-15-39)48-50(60)49(51(48)61)38-12-16-40(17-13-38)58(42-20-24-46(25-21-42)73-55(65)35(7)8)44(28-71-54(64)34(5)6)29-72-56(66)36(9)59/h10-25,43-44,47H,1,3,5,7,26-31H2,2,4,6,8-9H3/p+1. The van der Waals surface area contributed by atoms with Crippen LogP contribution in [0.1, 0.15) is 40.2 Å². The highest BCUT2D eigenvalue weighted by Gasteiger charge is 2.38. The fraction of sp³-hybridized carbons (Fsp3) is 0.250. The summed E-state index contributed by atoms with van der Waals surface area (Å²) in [4.78, 5) is 90.1. The van der Waals surface area contributed by atoms with E-state index in [9.17, 15) is 38.7 Å². The number of allylic oxidation sites excluding steroid dienone is 7. The van der Waals surface area contributed by atoms with E-state index in [0.717, 1.165) is 6.92 Å². The summed E-state index contributed by atoms with van der Waals surface area (Å²) in [6.45, 7) is 21.4. The second kappa shape index (κ2) is 23.9. The van der Waals surface area contributed by atoms with Gasteiger partial charge in [-0.1, -0.05) is 38.4 Å². The van der Waals surface area contributed by atoms with E-state index in [4.69, 9.17) is 33.2 Å². The number of esters is 5. The third-order valence-electron chi connectivity index (χ3n) is 11.1. The van der Waals surface area contributed by atoms with Crippen LogP contribution < -0.4 is 14.4 Å². The Bertz CT molecular complexity index is 2850. The van der Waals surface area contributed by atoms with Gasteiger partial charge in [-0.05, 0) is 99.5 Å². The Morgan fingerprint density at radius 2 is 1.10 bits per heavy atom. The zero-order chi connectivity index (χ0) is 53.1. The summed E-state index contributed by atoms with van der Waals surface area (Å²) < 4.78 is 40.1. The molecule has 17 nitrogen and oxygen atoms in total. The van der Waals surface area contributed by atoms with Crippen molar-refractivity contribution in [2.75, 3.05) is 44.5 Å². The molecule has 0 saturated carbocycles. The van der Waals surface area contributed by atoms with Crippen LogP contribution in [0.5, 0.6) is 11.5 Å². The number of rotatable bonds is 23. The third kappa shape index (κ3) is 13.8. The number of hydrogen-bond donors (Lipinski definition) is 1. The van der Waals surface area contributed by atoms with E-state index < -0.39 is 60.1 Å². The number of ether oxygens (including phenoxy) is 7. The highest BCUT2D eigenvalue weighted by Crippen LogP contribution is 2.40. The lowest BCUT2D eigenvalue weighted by atomic mass is 9.80. The average molecular weight is 996 g/mol. The van der Waals surface area contributed by atoms with Crippen molar-refractivity contribution >= 4 is 69.8 Å². The monoisotopic (exact) mass is 995 g/mol. The Kier molecular flexibility index (Phi) is 17.6. The van der Waals surface area contributed by atoms with E-state index in [1.54, 1.807) is 89.5 Å². The highest BCUT2D eigenvalue weighted by atomic mass is 16.6. The SMILES string of the molecule is C=C(C)C(=O)OCC(COC(=O)C(=C)C)N(c1ccc(OCC2CO2)cc1)c1ccc(C2=C(O)C(=C3C=CC(=[N+](c4ccc(OC(=O)C(=C)C)cc4)C(COC(=O)C(=C)C)COC(=O)C(C)=O)C=C3)C2=O)cc1. The summed E-state index contributed by atoms with van der Waals surface area (Å²) in [7, 11) is 0. The Morgan fingerprint density at radius 1 is 0.630 bits per heavy atom. The van der Waals surface area contributed by atoms with Crippen LogP contribution in [0.3, 0.4) is 0 Å². The maximum absolute atomic E-state index is 14.0. The van der Waals surface area contributed by atoms with Crippen molar-refractivity contribution in [3.8, 4) is 11.5 Å². The lowest BCUT2D eigenvalue weighted by molar-refractivity contribution is -0.491. The predicted octanol–water partition coefficient (Wildman–Crippen LogP) is 7.37. The molecule has 73 heavy (non-hydrogen) atoms. The summed E-state index contributed by atoms with van der Waals surface area (Å²) in [6.07, 6.45) is 6.51. The molecule has 2 atom stereocenters. The molecule has 3 aliphatic rings. The zero-order valence-electron chi connectivity index (χ0n) is 41.1. The number of aliphatic hydroxyl groups is 1. The average Bonchev–Trinajstić information content (AvgIpc) is 4.20. The molecule has 0 spiro atoms. The van der Waals surface area contributed by atoms with Gasteiger partial charge in [0, 0.05) is 64.9 Å². The van der Waals surface area contributed by atoms with Gasteiger partial charge in [-0.2, -0.15) is 4.58 Å². The van der Waals surface area contributed by atoms with E-state index in [2.05, 4.69) is 26.3 Å². The smallest absolute Gasteiger partial charge is 0.374 e. The normalized spacial score (nSPS) is 14.8. The molecule has 2 aliphatic carbocycles. The number of carbonyl (C=O) groups excluding carboxylic acids is 7. The quantitative estimate of drug-likeness (QED) is 0.0187. The molecule has 1 N–H and O–H groups in total. The van der Waals surface area contributed by atoms with Crippen molar-refractivity contribution in [1.29, 1.82) is 0 Å². The van der Waals surface area contributed by atoms with E-state index >= 15 is 0 Å². The maximum atomic E-state index is 14.0. The number of benzene rings is 3. The van der Waals surface area contributed by atoms with Crippen molar-refractivity contribution < 1.29 is 76.4 Å². The molecule has 378 valence electrons. The Morgan fingerprint density at radius 3 is 1.56 bits per heavy atom. The van der Waals surface area contributed by atoms with Gasteiger partial charge in [0.05, 0.1) is 17.8 Å². The molecule has 17 heteroatoms. The Labute approximate surface area is 421 Å². The van der Waals surface area contributed by atoms with Crippen LogP contribution in [-0.2, 0) is 57.2 Å². The number of epoxide rings is 1. The molecule has 3 aromatic carbocycles. The van der Waals surface area contributed by atoms with Crippen molar-refractivity contribution in [1.82, 2.24) is 0 Å². The third-order valence-corrected chi connectivity index (χ3v) is 11.1. The minimum absolute atomic E-state index is 0.0406. The molecule has 0 bridgehead atoms. The first-order valence-corrected chi connectivity index (χ1v) is 22.9. The molecular formula is C56H55N2O15+. The van der Waals surface area contributed by atoms with Crippen LogP contribution >= 0.6 is 0 Å². The minimum atomic E-state index is -1.11. The van der Waals surface area contributed by atoms with Gasteiger partial charge in [0.15, 0.2) is 13.2 Å². The van der Waals surface area contributed by atoms with Crippen LogP contribution in [-0.4, -0.2) is 115 Å².